The van der Waals surface area contributed by atoms with E-state index in [2.05, 4.69) is 0 Å². The molecular weight excluding hydrogens is 264 g/mol. The van der Waals surface area contributed by atoms with Gasteiger partial charge in [-0.2, -0.15) is 0 Å². The summed E-state index contributed by atoms with van der Waals surface area (Å²) in [5.74, 6) is -0.515. The third-order valence-electron chi connectivity index (χ3n) is 3.24. The number of carbonyl (C=O) groups excluding carboxylic acids is 1. The molecule has 0 aliphatic carbocycles. The van der Waals surface area contributed by atoms with Crippen LogP contribution in [0.1, 0.15) is 6.42 Å². The predicted molar refractivity (Wildman–Crippen MR) is 72.3 cm³/mol. The molecule has 2 N–H and O–H groups in total. The third kappa shape index (κ3) is 1.67. The summed E-state index contributed by atoms with van der Waals surface area (Å²) >= 11 is 0. The highest BCUT2D eigenvalue weighted by Gasteiger charge is 2.35. The molecule has 0 fully saturated rings. The molecule has 19 heavy (non-hydrogen) atoms. The molecule has 98 valence electrons. The molecule has 0 aromatic heterocycles. The summed E-state index contributed by atoms with van der Waals surface area (Å²) in [7, 11) is -3.57. The summed E-state index contributed by atoms with van der Waals surface area (Å²) < 4.78 is 26.2. The largest absolute Gasteiger partial charge is 0.370 e. The molecule has 0 atom stereocenters. The fourth-order valence-corrected chi connectivity index (χ4v) is 4.12. The van der Waals surface area contributed by atoms with Crippen LogP contribution in [-0.2, 0) is 14.8 Å². The van der Waals surface area contributed by atoms with Crippen molar-refractivity contribution < 1.29 is 13.2 Å². The monoisotopic (exact) mass is 276 g/mol. The van der Waals surface area contributed by atoms with Crippen molar-refractivity contribution in [3.05, 3.63) is 36.4 Å². The van der Waals surface area contributed by atoms with Crippen molar-refractivity contribution in [3.63, 3.8) is 0 Å². The van der Waals surface area contributed by atoms with Crippen molar-refractivity contribution in [2.75, 3.05) is 10.8 Å². The Labute approximate surface area is 110 Å². The summed E-state index contributed by atoms with van der Waals surface area (Å²) in [6, 6.07) is 10.6. The Hall–Kier alpha value is -2.08. The lowest BCUT2D eigenvalue weighted by Crippen LogP contribution is -2.30. The Morgan fingerprint density at radius 3 is 2.53 bits per heavy atom. The average molecular weight is 276 g/mol. The van der Waals surface area contributed by atoms with E-state index in [1.165, 1.54) is 4.31 Å². The highest BCUT2D eigenvalue weighted by atomic mass is 32.2. The SMILES string of the molecule is NC(=O)CCN1c2cccc3cccc(c23)S1(=O)=O. The molecule has 1 aliphatic heterocycles. The fraction of sp³-hybridized carbons (Fsp3) is 0.154. The number of anilines is 1. The fourth-order valence-electron chi connectivity index (χ4n) is 2.41. The Bertz CT molecular complexity index is 778. The smallest absolute Gasteiger partial charge is 0.265 e. The van der Waals surface area contributed by atoms with Crippen LogP contribution in [0, 0.1) is 0 Å². The van der Waals surface area contributed by atoms with Gasteiger partial charge in [-0.3, -0.25) is 9.10 Å². The number of rotatable bonds is 3. The van der Waals surface area contributed by atoms with Gasteiger partial charge in [-0.25, -0.2) is 8.42 Å². The number of carbonyl (C=O) groups is 1. The molecule has 1 amide bonds. The van der Waals surface area contributed by atoms with Crippen LogP contribution in [0.5, 0.6) is 0 Å². The summed E-state index contributed by atoms with van der Waals surface area (Å²) in [5, 5.41) is 1.59. The van der Waals surface area contributed by atoms with Crippen LogP contribution in [0.2, 0.25) is 0 Å². The van der Waals surface area contributed by atoms with Gasteiger partial charge in [-0.15, -0.1) is 0 Å². The van der Waals surface area contributed by atoms with E-state index >= 15 is 0 Å². The molecule has 2 aromatic rings. The molecule has 0 bridgehead atoms. The zero-order valence-corrected chi connectivity index (χ0v) is 10.9. The maximum Gasteiger partial charge on any atom is 0.265 e. The second-order valence-corrected chi connectivity index (χ2v) is 6.26. The van der Waals surface area contributed by atoms with Crippen LogP contribution in [0.15, 0.2) is 41.3 Å². The molecule has 6 heteroatoms. The number of hydrogen-bond donors (Lipinski definition) is 1. The first-order chi connectivity index (χ1) is 9.01. The first-order valence-electron chi connectivity index (χ1n) is 5.84. The van der Waals surface area contributed by atoms with Gasteiger partial charge in [0.1, 0.15) is 0 Å². The van der Waals surface area contributed by atoms with Crippen LogP contribution in [-0.4, -0.2) is 20.9 Å². The standard InChI is InChI=1S/C13H12N2O3S/c14-12(16)7-8-15-10-5-1-3-9-4-2-6-11(13(9)10)19(15,17)18/h1-6H,7-8H2,(H2,14,16). The Kier molecular flexibility index (Phi) is 2.50. The third-order valence-corrected chi connectivity index (χ3v) is 5.10. The highest BCUT2D eigenvalue weighted by molar-refractivity contribution is 7.93. The van der Waals surface area contributed by atoms with Gasteiger partial charge in [-0.05, 0) is 17.5 Å². The number of primary amides is 1. The predicted octanol–water partition coefficient (Wildman–Crippen LogP) is 1.22. The minimum absolute atomic E-state index is 0.00358. The van der Waals surface area contributed by atoms with E-state index in [0.29, 0.717) is 10.6 Å². The van der Waals surface area contributed by atoms with Gasteiger partial charge in [0, 0.05) is 18.4 Å². The van der Waals surface area contributed by atoms with Crippen LogP contribution in [0.25, 0.3) is 10.8 Å². The van der Waals surface area contributed by atoms with Gasteiger partial charge in [0.15, 0.2) is 0 Å². The number of sulfonamides is 1. The van der Waals surface area contributed by atoms with Gasteiger partial charge in [0.2, 0.25) is 5.91 Å². The van der Waals surface area contributed by atoms with Crippen molar-refractivity contribution in [1.82, 2.24) is 0 Å². The van der Waals surface area contributed by atoms with Gasteiger partial charge < -0.3 is 5.73 Å². The lowest BCUT2D eigenvalue weighted by atomic mass is 10.1. The minimum atomic E-state index is -3.57. The molecular formula is C13H12N2O3S. The van der Waals surface area contributed by atoms with Crippen LogP contribution < -0.4 is 10.0 Å². The summed E-state index contributed by atoms with van der Waals surface area (Å²) in [4.78, 5) is 11.2. The van der Waals surface area contributed by atoms with Crippen molar-refractivity contribution in [2.45, 2.75) is 11.3 Å². The lowest BCUT2D eigenvalue weighted by Gasteiger charge is -2.17. The van der Waals surface area contributed by atoms with Crippen molar-refractivity contribution in [3.8, 4) is 0 Å². The van der Waals surface area contributed by atoms with E-state index in [0.717, 1.165) is 10.8 Å². The second-order valence-electron chi connectivity index (χ2n) is 4.42. The summed E-state index contributed by atoms with van der Waals surface area (Å²) in [6.07, 6.45) is 0.00358. The number of nitrogens with two attached hydrogens (primary N) is 1. The van der Waals surface area contributed by atoms with Gasteiger partial charge in [0.25, 0.3) is 10.0 Å². The van der Waals surface area contributed by atoms with Crippen molar-refractivity contribution in [1.29, 1.82) is 0 Å². The van der Waals surface area contributed by atoms with E-state index < -0.39 is 15.9 Å². The average Bonchev–Trinajstić information content (AvgIpc) is 2.58. The van der Waals surface area contributed by atoms with E-state index in [1.807, 2.05) is 12.1 Å². The first kappa shape index (κ1) is 12.0. The van der Waals surface area contributed by atoms with Crippen LogP contribution in [0.3, 0.4) is 0 Å². The van der Waals surface area contributed by atoms with E-state index in [-0.39, 0.29) is 13.0 Å². The van der Waals surface area contributed by atoms with E-state index in [4.69, 9.17) is 5.73 Å². The highest BCUT2D eigenvalue weighted by Crippen LogP contribution is 2.41. The second kappa shape index (κ2) is 3.96. The van der Waals surface area contributed by atoms with Gasteiger partial charge >= 0.3 is 0 Å². The molecule has 5 nitrogen and oxygen atoms in total. The van der Waals surface area contributed by atoms with E-state index in [1.54, 1.807) is 24.3 Å². The molecule has 2 aromatic carbocycles. The molecule has 3 rings (SSSR count). The first-order valence-corrected chi connectivity index (χ1v) is 7.28. The minimum Gasteiger partial charge on any atom is -0.370 e. The maximum atomic E-state index is 12.5. The van der Waals surface area contributed by atoms with Crippen LogP contribution in [0.4, 0.5) is 5.69 Å². The number of hydrogen-bond acceptors (Lipinski definition) is 3. The maximum absolute atomic E-state index is 12.5. The molecule has 0 saturated carbocycles. The Morgan fingerprint density at radius 2 is 1.84 bits per heavy atom. The molecule has 1 aliphatic rings. The zero-order chi connectivity index (χ0) is 13.6. The molecule has 1 heterocycles. The molecule has 0 spiro atoms. The van der Waals surface area contributed by atoms with Crippen LogP contribution >= 0.6 is 0 Å². The number of benzene rings is 2. The number of nitrogens with zero attached hydrogens (tertiary/aromatic N) is 1. The topological polar surface area (TPSA) is 80.5 Å². The summed E-state index contributed by atoms with van der Waals surface area (Å²) in [6.45, 7) is 0.0749. The van der Waals surface area contributed by atoms with E-state index in [9.17, 15) is 13.2 Å². The van der Waals surface area contributed by atoms with Crippen molar-refractivity contribution in [2.24, 2.45) is 5.73 Å². The van der Waals surface area contributed by atoms with Crippen molar-refractivity contribution >= 4 is 32.4 Å². The Morgan fingerprint density at radius 1 is 1.16 bits per heavy atom. The zero-order valence-electron chi connectivity index (χ0n) is 10.0. The molecule has 0 radical (unpaired) electrons. The number of amides is 1. The quantitative estimate of drug-likeness (QED) is 0.915. The molecule has 0 saturated heterocycles. The van der Waals surface area contributed by atoms with Gasteiger partial charge in [0.05, 0.1) is 10.6 Å². The Balaban J connectivity index is 2.21. The molecule has 0 unspecified atom stereocenters. The van der Waals surface area contributed by atoms with Gasteiger partial charge in [-0.1, -0.05) is 24.3 Å². The normalized spacial score (nSPS) is 15.9. The summed E-state index contributed by atoms with van der Waals surface area (Å²) in [5.41, 5.74) is 5.72. The lowest BCUT2D eigenvalue weighted by molar-refractivity contribution is -0.117.